The Bertz CT molecular complexity index is 1000. The lowest BCUT2D eigenvalue weighted by molar-refractivity contribution is -0.117. The fourth-order valence-electron chi connectivity index (χ4n) is 3.21. The SMILES string of the molecule is COc1ccc(CN2C(=O)CC(c3ncc(C)o3)=Cc3ccccc32)cc1. The predicted molar refractivity (Wildman–Crippen MR) is 104 cm³/mol. The van der Waals surface area contributed by atoms with Gasteiger partial charge in [-0.05, 0) is 42.3 Å². The van der Waals surface area contributed by atoms with Crippen molar-refractivity contribution in [3.63, 3.8) is 0 Å². The zero-order valence-corrected chi connectivity index (χ0v) is 15.3. The number of nitrogens with zero attached hydrogens (tertiary/aromatic N) is 2. The number of benzene rings is 2. The quantitative estimate of drug-likeness (QED) is 0.689. The molecule has 0 fully saturated rings. The van der Waals surface area contributed by atoms with Gasteiger partial charge in [-0.3, -0.25) is 4.79 Å². The number of fused-ring (bicyclic) bond motifs is 1. The van der Waals surface area contributed by atoms with E-state index in [1.165, 1.54) is 0 Å². The molecule has 0 atom stereocenters. The summed E-state index contributed by atoms with van der Waals surface area (Å²) in [5, 5.41) is 0. The molecule has 1 aromatic heterocycles. The first-order valence-electron chi connectivity index (χ1n) is 8.80. The Kier molecular flexibility index (Phi) is 4.50. The summed E-state index contributed by atoms with van der Waals surface area (Å²) in [7, 11) is 1.64. The third-order valence-corrected chi connectivity index (χ3v) is 4.60. The molecule has 1 aliphatic heterocycles. The molecule has 0 radical (unpaired) electrons. The van der Waals surface area contributed by atoms with E-state index in [9.17, 15) is 4.79 Å². The maximum absolute atomic E-state index is 13.1. The molecule has 3 aromatic rings. The van der Waals surface area contributed by atoms with E-state index in [1.54, 1.807) is 13.3 Å². The number of anilines is 1. The van der Waals surface area contributed by atoms with Gasteiger partial charge < -0.3 is 14.1 Å². The Morgan fingerprint density at radius 1 is 1.15 bits per heavy atom. The van der Waals surface area contributed by atoms with E-state index in [4.69, 9.17) is 9.15 Å². The second-order valence-corrected chi connectivity index (χ2v) is 6.51. The summed E-state index contributed by atoms with van der Waals surface area (Å²) in [6, 6.07) is 15.7. The first-order valence-corrected chi connectivity index (χ1v) is 8.80. The summed E-state index contributed by atoms with van der Waals surface area (Å²) in [5.41, 5.74) is 3.69. The van der Waals surface area contributed by atoms with Crippen molar-refractivity contribution in [1.29, 1.82) is 0 Å². The van der Waals surface area contributed by atoms with E-state index < -0.39 is 0 Å². The minimum Gasteiger partial charge on any atom is -0.497 e. The van der Waals surface area contributed by atoms with Crippen LogP contribution in [0.4, 0.5) is 5.69 Å². The third kappa shape index (κ3) is 3.49. The summed E-state index contributed by atoms with van der Waals surface area (Å²) in [6.07, 6.45) is 3.91. The number of para-hydroxylation sites is 1. The van der Waals surface area contributed by atoms with Gasteiger partial charge in [0.1, 0.15) is 11.5 Å². The highest BCUT2D eigenvalue weighted by Crippen LogP contribution is 2.33. The molecule has 5 nitrogen and oxygen atoms in total. The molecule has 0 aliphatic carbocycles. The number of amides is 1. The normalized spacial score (nSPS) is 13.8. The fraction of sp³-hybridized carbons (Fsp3) is 0.182. The number of oxazole rings is 1. The fourth-order valence-corrected chi connectivity index (χ4v) is 3.21. The topological polar surface area (TPSA) is 55.6 Å². The van der Waals surface area contributed by atoms with E-state index in [0.29, 0.717) is 12.4 Å². The van der Waals surface area contributed by atoms with Crippen molar-refractivity contribution in [2.45, 2.75) is 19.9 Å². The van der Waals surface area contributed by atoms with Crippen LogP contribution in [-0.4, -0.2) is 18.0 Å². The molecule has 136 valence electrons. The van der Waals surface area contributed by atoms with Crippen LogP contribution in [0.3, 0.4) is 0 Å². The second-order valence-electron chi connectivity index (χ2n) is 6.51. The molecule has 4 rings (SSSR count). The Morgan fingerprint density at radius 3 is 2.63 bits per heavy atom. The number of aryl methyl sites for hydroxylation is 1. The molecule has 27 heavy (non-hydrogen) atoms. The molecular formula is C22H20N2O3. The Hall–Kier alpha value is -3.34. The molecule has 0 unspecified atom stereocenters. The van der Waals surface area contributed by atoms with Crippen molar-refractivity contribution >= 4 is 23.2 Å². The van der Waals surface area contributed by atoms with Crippen LogP contribution in [0.25, 0.3) is 11.6 Å². The molecule has 0 bridgehead atoms. The summed E-state index contributed by atoms with van der Waals surface area (Å²) >= 11 is 0. The van der Waals surface area contributed by atoms with E-state index >= 15 is 0 Å². The Labute approximate surface area is 157 Å². The van der Waals surface area contributed by atoms with Crippen molar-refractivity contribution in [3.05, 3.63) is 77.5 Å². The smallest absolute Gasteiger partial charge is 0.231 e. The third-order valence-electron chi connectivity index (χ3n) is 4.60. The zero-order valence-electron chi connectivity index (χ0n) is 15.3. The van der Waals surface area contributed by atoms with Crippen molar-refractivity contribution in [3.8, 4) is 5.75 Å². The second kappa shape index (κ2) is 7.11. The largest absolute Gasteiger partial charge is 0.497 e. The van der Waals surface area contributed by atoms with E-state index in [1.807, 2.05) is 66.4 Å². The van der Waals surface area contributed by atoms with Gasteiger partial charge >= 0.3 is 0 Å². The molecule has 2 heterocycles. The van der Waals surface area contributed by atoms with Crippen LogP contribution in [-0.2, 0) is 11.3 Å². The number of ether oxygens (including phenoxy) is 1. The van der Waals surface area contributed by atoms with Gasteiger partial charge in [-0.15, -0.1) is 0 Å². The van der Waals surface area contributed by atoms with Gasteiger partial charge in [0.05, 0.1) is 32.0 Å². The lowest BCUT2D eigenvalue weighted by Gasteiger charge is -2.23. The minimum atomic E-state index is 0.0119. The van der Waals surface area contributed by atoms with Crippen molar-refractivity contribution in [1.82, 2.24) is 4.98 Å². The number of carbonyl (C=O) groups excluding carboxylic acids is 1. The zero-order chi connectivity index (χ0) is 18.8. The lowest BCUT2D eigenvalue weighted by Crippen LogP contribution is -2.30. The number of rotatable bonds is 4. The standard InChI is InChI=1S/C22H20N2O3/c1-15-13-23-22(27-15)18-11-17-5-3-4-6-20(17)24(21(25)12-18)14-16-7-9-19(26-2)10-8-16/h3-11,13H,12,14H2,1-2H3. The van der Waals surface area contributed by atoms with E-state index in [2.05, 4.69) is 4.98 Å². The van der Waals surface area contributed by atoms with Gasteiger partial charge in [-0.25, -0.2) is 4.98 Å². The van der Waals surface area contributed by atoms with Gasteiger partial charge in [-0.2, -0.15) is 0 Å². The van der Waals surface area contributed by atoms with Crippen molar-refractivity contribution in [2.75, 3.05) is 12.0 Å². The van der Waals surface area contributed by atoms with Gasteiger partial charge in [-0.1, -0.05) is 30.3 Å². The van der Waals surface area contributed by atoms with Crippen molar-refractivity contribution in [2.24, 2.45) is 0 Å². The van der Waals surface area contributed by atoms with E-state index in [-0.39, 0.29) is 12.3 Å². The highest BCUT2D eigenvalue weighted by atomic mass is 16.5. The monoisotopic (exact) mass is 360 g/mol. The minimum absolute atomic E-state index is 0.0119. The summed E-state index contributed by atoms with van der Waals surface area (Å²) in [6.45, 7) is 2.34. The van der Waals surface area contributed by atoms with Crippen LogP contribution in [0.5, 0.6) is 5.75 Å². The van der Waals surface area contributed by atoms with Crippen LogP contribution in [0, 0.1) is 6.92 Å². The highest BCUT2D eigenvalue weighted by molar-refractivity contribution is 6.06. The number of carbonyl (C=O) groups is 1. The van der Waals surface area contributed by atoms with Crippen LogP contribution < -0.4 is 9.64 Å². The average molecular weight is 360 g/mol. The van der Waals surface area contributed by atoms with Gasteiger partial charge in [0.2, 0.25) is 11.8 Å². The summed E-state index contributed by atoms with van der Waals surface area (Å²) in [4.78, 5) is 19.2. The average Bonchev–Trinajstić information content (AvgIpc) is 3.07. The van der Waals surface area contributed by atoms with E-state index in [0.717, 1.165) is 33.9 Å². The maximum Gasteiger partial charge on any atom is 0.231 e. The summed E-state index contributed by atoms with van der Waals surface area (Å²) in [5.74, 6) is 2.04. The Balaban J connectivity index is 1.70. The van der Waals surface area contributed by atoms with Crippen LogP contribution in [0.15, 0.2) is 59.1 Å². The number of hydrogen-bond acceptors (Lipinski definition) is 4. The molecule has 1 amide bonds. The molecule has 5 heteroatoms. The maximum atomic E-state index is 13.1. The highest BCUT2D eigenvalue weighted by Gasteiger charge is 2.25. The first kappa shape index (κ1) is 17.1. The lowest BCUT2D eigenvalue weighted by atomic mass is 10.1. The van der Waals surface area contributed by atoms with Gasteiger partial charge in [0.15, 0.2) is 0 Å². The number of aromatic nitrogens is 1. The van der Waals surface area contributed by atoms with Crippen LogP contribution in [0.2, 0.25) is 0 Å². The van der Waals surface area contributed by atoms with Crippen molar-refractivity contribution < 1.29 is 13.9 Å². The molecule has 0 N–H and O–H groups in total. The van der Waals surface area contributed by atoms with Gasteiger partial charge in [0, 0.05) is 5.57 Å². The molecular weight excluding hydrogens is 340 g/mol. The van der Waals surface area contributed by atoms with Gasteiger partial charge in [0.25, 0.3) is 0 Å². The Morgan fingerprint density at radius 2 is 1.93 bits per heavy atom. The predicted octanol–water partition coefficient (Wildman–Crippen LogP) is 4.47. The number of hydrogen-bond donors (Lipinski definition) is 0. The molecule has 0 saturated heterocycles. The van der Waals surface area contributed by atoms with Crippen LogP contribution in [0.1, 0.15) is 29.2 Å². The molecule has 1 aliphatic rings. The molecule has 2 aromatic carbocycles. The molecule has 0 spiro atoms. The summed E-state index contributed by atoms with van der Waals surface area (Å²) < 4.78 is 10.9. The first-order chi connectivity index (χ1) is 13.1. The molecule has 0 saturated carbocycles. The number of methoxy groups -OCH3 is 1. The van der Waals surface area contributed by atoms with Crippen LogP contribution >= 0.6 is 0 Å².